The molecule has 1 saturated carbocycles. The largest absolute Gasteiger partial charge is 0.386 e. The van der Waals surface area contributed by atoms with Crippen LogP contribution in [-0.4, -0.2) is 10.7 Å². The van der Waals surface area contributed by atoms with Crippen LogP contribution in [0.2, 0.25) is 0 Å². The van der Waals surface area contributed by atoms with Crippen molar-refractivity contribution in [2.24, 2.45) is 0 Å². The molecular formula is C7H12O. The molecule has 1 aliphatic rings. The Hall–Kier alpha value is -0.300. The summed E-state index contributed by atoms with van der Waals surface area (Å²) in [7, 11) is 0. The predicted molar refractivity (Wildman–Crippen MR) is 33.6 cm³/mol. The topological polar surface area (TPSA) is 20.2 Å². The smallest absolute Gasteiger partial charge is 0.0856 e. The fourth-order valence-corrected chi connectivity index (χ4v) is 0.801. The average Bonchev–Trinajstić information content (AvgIpc) is 2.47. The molecule has 1 aliphatic carbocycles. The van der Waals surface area contributed by atoms with Crippen LogP contribution in [0.3, 0.4) is 0 Å². The molecule has 0 aromatic heterocycles. The standard InChI is InChI=1S/C7H12O/c1-3-6(2)7(8)4-5-7/h8H,2-5H2,1H3. The minimum absolute atomic E-state index is 0.436. The maximum atomic E-state index is 9.30. The molecule has 1 nitrogen and oxygen atoms in total. The molecule has 0 saturated heterocycles. The fourth-order valence-electron chi connectivity index (χ4n) is 0.801. The Labute approximate surface area is 50.0 Å². The molecule has 0 amide bonds. The highest BCUT2D eigenvalue weighted by atomic mass is 16.3. The molecule has 0 aliphatic heterocycles. The summed E-state index contributed by atoms with van der Waals surface area (Å²) in [4.78, 5) is 0. The van der Waals surface area contributed by atoms with E-state index in [0.717, 1.165) is 24.8 Å². The second kappa shape index (κ2) is 1.59. The first kappa shape index (κ1) is 5.83. The second-order valence-electron chi connectivity index (χ2n) is 2.49. The van der Waals surface area contributed by atoms with Crippen molar-refractivity contribution in [1.29, 1.82) is 0 Å². The van der Waals surface area contributed by atoms with E-state index >= 15 is 0 Å². The molecule has 0 unspecified atom stereocenters. The van der Waals surface area contributed by atoms with E-state index in [1.807, 2.05) is 6.92 Å². The Bertz CT molecular complexity index is 112. The van der Waals surface area contributed by atoms with Gasteiger partial charge < -0.3 is 5.11 Å². The van der Waals surface area contributed by atoms with Crippen molar-refractivity contribution in [1.82, 2.24) is 0 Å². The lowest BCUT2D eigenvalue weighted by atomic mass is 10.1. The predicted octanol–water partition coefficient (Wildman–Crippen LogP) is 1.48. The molecule has 8 heavy (non-hydrogen) atoms. The van der Waals surface area contributed by atoms with Crippen LogP contribution in [0.15, 0.2) is 12.2 Å². The molecule has 46 valence electrons. The van der Waals surface area contributed by atoms with Gasteiger partial charge in [-0.2, -0.15) is 0 Å². The highest BCUT2D eigenvalue weighted by Crippen LogP contribution is 2.42. The van der Waals surface area contributed by atoms with Gasteiger partial charge in [0.05, 0.1) is 5.60 Å². The summed E-state index contributed by atoms with van der Waals surface area (Å²) >= 11 is 0. The maximum absolute atomic E-state index is 9.30. The lowest BCUT2D eigenvalue weighted by molar-refractivity contribution is 0.186. The summed E-state index contributed by atoms with van der Waals surface area (Å²) in [6.07, 6.45) is 2.77. The second-order valence-corrected chi connectivity index (χ2v) is 2.49. The van der Waals surface area contributed by atoms with Crippen molar-refractivity contribution >= 4 is 0 Å². The van der Waals surface area contributed by atoms with Crippen molar-refractivity contribution in [3.8, 4) is 0 Å². The van der Waals surface area contributed by atoms with Gasteiger partial charge in [0, 0.05) is 0 Å². The van der Waals surface area contributed by atoms with Crippen LogP contribution in [0, 0.1) is 0 Å². The number of rotatable bonds is 2. The van der Waals surface area contributed by atoms with Gasteiger partial charge in [-0.1, -0.05) is 13.5 Å². The first-order chi connectivity index (χ1) is 3.69. The Balaban J connectivity index is 2.46. The van der Waals surface area contributed by atoms with E-state index in [1.165, 1.54) is 0 Å². The van der Waals surface area contributed by atoms with Crippen molar-refractivity contribution in [3.63, 3.8) is 0 Å². The van der Waals surface area contributed by atoms with Crippen LogP contribution in [-0.2, 0) is 0 Å². The summed E-state index contributed by atoms with van der Waals surface area (Å²) in [5, 5.41) is 9.30. The maximum Gasteiger partial charge on any atom is 0.0856 e. The molecule has 0 bridgehead atoms. The quantitative estimate of drug-likeness (QED) is 0.536. The normalized spacial score (nSPS) is 22.8. The summed E-state index contributed by atoms with van der Waals surface area (Å²) in [6.45, 7) is 5.78. The molecule has 1 fully saturated rings. The summed E-state index contributed by atoms with van der Waals surface area (Å²) in [5.74, 6) is 0. The van der Waals surface area contributed by atoms with Crippen molar-refractivity contribution in [2.45, 2.75) is 31.8 Å². The van der Waals surface area contributed by atoms with Crippen molar-refractivity contribution in [3.05, 3.63) is 12.2 Å². The summed E-state index contributed by atoms with van der Waals surface area (Å²) in [6, 6.07) is 0. The molecule has 0 radical (unpaired) electrons. The minimum Gasteiger partial charge on any atom is -0.386 e. The molecule has 0 atom stereocenters. The Kier molecular flexibility index (Phi) is 1.16. The zero-order valence-corrected chi connectivity index (χ0v) is 5.28. The highest BCUT2D eigenvalue weighted by Gasteiger charge is 2.41. The minimum atomic E-state index is -0.436. The Morgan fingerprint density at radius 3 is 2.38 bits per heavy atom. The van der Waals surface area contributed by atoms with E-state index in [-0.39, 0.29) is 0 Å². The van der Waals surface area contributed by atoms with Crippen LogP contribution < -0.4 is 0 Å². The summed E-state index contributed by atoms with van der Waals surface area (Å²) < 4.78 is 0. The lowest BCUT2D eigenvalue weighted by Crippen LogP contribution is -2.08. The third kappa shape index (κ3) is 0.781. The third-order valence-electron chi connectivity index (χ3n) is 1.81. The van der Waals surface area contributed by atoms with Gasteiger partial charge in [-0.15, -0.1) is 0 Å². The van der Waals surface area contributed by atoms with E-state index in [9.17, 15) is 5.11 Å². The number of hydrogen-bond donors (Lipinski definition) is 1. The first-order valence-electron chi connectivity index (χ1n) is 3.09. The van der Waals surface area contributed by atoms with Crippen LogP contribution in [0.25, 0.3) is 0 Å². The van der Waals surface area contributed by atoms with Crippen LogP contribution in [0.4, 0.5) is 0 Å². The molecule has 1 heteroatoms. The van der Waals surface area contributed by atoms with E-state index in [4.69, 9.17) is 0 Å². The van der Waals surface area contributed by atoms with Gasteiger partial charge >= 0.3 is 0 Å². The molecule has 0 heterocycles. The van der Waals surface area contributed by atoms with Crippen molar-refractivity contribution < 1.29 is 5.11 Å². The van der Waals surface area contributed by atoms with Crippen LogP contribution >= 0.6 is 0 Å². The third-order valence-corrected chi connectivity index (χ3v) is 1.81. The molecule has 0 aromatic rings. The van der Waals surface area contributed by atoms with Gasteiger partial charge in [0.1, 0.15) is 0 Å². The van der Waals surface area contributed by atoms with Crippen LogP contribution in [0.5, 0.6) is 0 Å². The van der Waals surface area contributed by atoms with Gasteiger partial charge in [-0.05, 0) is 24.8 Å². The Morgan fingerprint density at radius 2 is 2.25 bits per heavy atom. The zero-order valence-electron chi connectivity index (χ0n) is 5.28. The van der Waals surface area contributed by atoms with Gasteiger partial charge in [0.25, 0.3) is 0 Å². The monoisotopic (exact) mass is 112 g/mol. The van der Waals surface area contributed by atoms with E-state index < -0.39 is 5.60 Å². The van der Waals surface area contributed by atoms with Crippen molar-refractivity contribution in [2.75, 3.05) is 0 Å². The summed E-state index contributed by atoms with van der Waals surface area (Å²) in [5.41, 5.74) is 0.562. The SMILES string of the molecule is C=C(CC)C1(O)CC1. The lowest BCUT2D eigenvalue weighted by Gasteiger charge is -2.06. The van der Waals surface area contributed by atoms with Gasteiger partial charge in [-0.3, -0.25) is 0 Å². The average molecular weight is 112 g/mol. The number of hydrogen-bond acceptors (Lipinski definition) is 1. The molecular weight excluding hydrogens is 100 g/mol. The molecule has 1 N–H and O–H groups in total. The van der Waals surface area contributed by atoms with Gasteiger partial charge in [-0.25, -0.2) is 0 Å². The number of aliphatic hydroxyl groups is 1. The zero-order chi connectivity index (χ0) is 6.20. The fraction of sp³-hybridized carbons (Fsp3) is 0.714. The molecule has 1 rings (SSSR count). The van der Waals surface area contributed by atoms with Gasteiger partial charge in [0.15, 0.2) is 0 Å². The van der Waals surface area contributed by atoms with Crippen LogP contribution in [0.1, 0.15) is 26.2 Å². The van der Waals surface area contributed by atoms with E-state index in [2.05, 4.69) is 6.58 Å². The Morgan fingerprint density at radius 1 is 1.75 bits per heavy atom. The highest BCUT2D eigenvalue weighted by molar-refractivity contribution is 5.20. The molecule has 0 aromatic carbocycles. The first-order valence-corrected chi connectivity index (χ1v) is 3.09. The van der Waals surface area contributed by atoms with Gasteiger partial charge in [0.2, 0.25) is 0 Å². The van der Waals surface area contributed by atoms with E-state index in [0.29, 0.717) is 0 Å². The molecule has 0 spiro atoms. The van der Waals surface area contributed by atoms with E-state index in [1.54, 1.807) is 0 Å².